The maximum Gasteiger partial charge on any atom is 0.255 e. The van der Waals surface area contributed by atoms with Gasteiger partial charge >= 0.3 is 0 Å². The van der Waals surface area contributed by atoms with Crippen LogP contribution in [0.2, 0.25) is 5.02 Å². The van der Waals surface area contributed by atoms with E-state index in [9.17, 15) is 13.2 Å². The van der Waals surface area contributed by atoms with Crippen LogP contribution in [-0.4, -0.2) is 44.9 Å². The quantitative estimate of drug-likeness (QED) is 0.842. The van der Waals surface area contributed by atoms with Crippen LogP contribution in [0, 0.1) is 13.8 Å². The van der Waals surface area contributed by atoms with Gasteiger partial charge in [-0.25, -0.2) is 8.42 Å². The summed E-state index contributed by atoms with van der Waals surface area (Å²) in [4.78, 5) is 12.6. The average molecular weight is 409 g/mol. The Morgan fingerprint density at radius 2 is 1.81 bits per heavy atom. The lowest BCUT2D eigenvalue weighted by atomic mass is 10.1. The molecule has 0 atom stereocenters. The van der Waals surface area contributed by atoms with Gasteiger partial charge in [0.05, 0.1) is 18.2 Å². The number of hydrogen-bond donors (Lipinski definition) is 1. The van der Waals surface area contributed by atoms with Crippen LogP contribution in [0.1, 0.15) is 21.5 Å². The Morgan fingerprint density at radius 1 is 1.11 bits per heavy atom. The maximum absolute atomic E-state index is 12.9. The lowest BCUT2D eigenvalue weighted by Gasteiger charge is -2.26. The van der Waals surface area contributed by atoms with Gasteiger partial charge in [0.1, 0.15) is 4.90 Å². The van der Waals surface area contributed by atoms with Crippen molar-refractivity contribution in [3.63, 3.8) is 0 Å². The first kappa shape index (κ1) is 19.8. The molecule has 2 aromatic carbocycles. The van der Waals surface area contributed by atoms with Crippen molar-refractivity contribution in [3.05, 3.63) is 58.1 Å². The van der Waals surface area contributed by atoms with E-state index in [0.29, 0.717) is 18.9 Å². The Morgan fingerprint density at radius 3 is 2.52 bits per heavy atom. The zero-order valence-electron chi connectivity index (χ0n) is 15.2. The number of benzene rings is 2. The number of carbonyl (C=O) groups is 1. The van der Waals surface area contributed by atoms with Gasteiger partial charge in [0.25, 0.3) is 5.91 Å². The highest BCUT2D eigenvalue weighted by atomic mass is 35.5. The molecule has 27 heavy (non-hydrogen) atoms. The summed E-state index contributed by atoms with van der Waals surface area (Å²) in [6, 6.07) is 10.0. The highest BCUT2D eigenvalue weighted by Crippen LogP contribution is 2.27. The third-order valence-corrected chi connectivity index (χ3v) is 6.80. The second kappa shape index (κ2) is 7.98. The maximum atomic E-state index is 12.9. The summed E-state index contributed by atoms with van der Waals surface area (Å²) < 4.78 is 32.3. The molecule has 6 nitrogen and oxygen atoms in total. The number of ether oxygens (including phenoxy) is 1. The summed E-state index contributed by atoms with van der Waals surface area (Å²) in [5.74, 6) is -0.390. The van der Waals surface area contributed by atoms with E-state index in [1.165, 1.54) is 22.5 Å². The molecule has 144 valence electrons. The van der Waals surface area contributed by atoms with Crippen LogP contribution in [0.3, 0.4) is 0 Å². The lowest BCUT2D eigenvalue weighted by molar-refractivity contribution is 0.0730. The van der Waals surface area contributed by atoms with Gasteiger partial charge < -0.3 is 10.1 Å². The minimum Gasteiger partial charge on any atom is -0.379 e. The van der Waals surface area contributed by atoms with Crippen LogP contribution in [0.25, 0.3) is 0 Å². The standard InChI is InChI=1S/C19H21ClN2O4S/c1-13-3-4-14(2)17(11-13)21-19(23)15-5-6-16(20)18(12-15)27(24,25)22-7-9-26-10-8-22/h3-6,11-12H,7-10H2,1-2H3,(H,21,23). The van der Waals surface area contributed by atoms with Gasteiger partial charge in [0.2, 0.25) is 10.0 Å². The Bertz CT molecular complexity index is 970. The minimum atomic E-state index is -3.80. The van der Waals surface area contributed by atoms with Crippen molar-refractivity contribution in [2.75, 3.05) is 31.6 Å². The van der Waals surface area contributed by atoms with Crippen molar-refractivity contribution in [2.45, 2.75) is 18.7 Å². The molecule has 0 aromatic heterocycles. The molecule has 1 fully saturated rings. The molecule has 1 saturated heterocycles. The smallest absolute Gasteiger partial charge is 0.255 e. The number of nitrogens with zero attached hydrogens (tertiary/aromatic N) is 1. The molecule has 0 radical (unpaired) electrons. The molecular weight excluding hydrogens is 388 g/mol. The molecule has 1 aliphatic rings. The first-order valence-corrected chi connectivity index (χ1v) is 10.4. The number of amides is 1. The predicted molar refractivity (Wildman–Crippen MR) is 105 cm³/mol. The molecule has 0 bridgehead atoms. The molecule has 8 heteroatoms. The number of rotatable bonds is 4. The molecule has 0 saturated carbocycles. The summed E-state index contributed by atoms with van der Waals surface area (Å²) in [6.07, 6.45) is 0. The second-order valence-corrected chi connectivity index (χ2v) is 8.75. The van der Waals surface area contributed by atoms with Crippen LogP contribution in [0.15, 0.2) is 41.3 Å². The number of halogens is 1. The molecule has 0 aliphatic carbocycles. The normalized spacial score (nSPS) is 15.5. The minimum absolute atomic E-state index is 0.0697. The van der Waals surface area contributed by atoms with E-state index in [2.05, 4.69) is 5.32 Å². The van der Waals surface area contributed by atoms with Crippen molar-refractivity contribution >= 4 is 33.2 Å². The van der Waals surface area contributed by atoms with Gasteiger partial charge in [-0.3, -0.25) is 4.79 Å². The number of morpholine rings is 1. The molecule has 2 aromatic rings. The van der Waals surface area contributed by atoms with Crippen LogP contribution in [0.5, 0.6) is 0 Å². The largest absolute Gasteiger partial charge is 0.379 e. The number of sulfonamides is 1. The first-order chi connectivity index (χ1) is 12.8. The van der Waals surface area contributed by atoms with Gasteiger partial charge in [0, 0.05) is 24.3 Å². The fraction of sp³-hybridized carbons (Fsp3) is 0.316. The topological polar surface area (TPSA) is 75.7 Å². The van der Waals surface area contributed by atoms with Crippen molar-refractivity contribution < 1.29 is 17.9 Å². The summed E-state index contributed by atoms with van der Waals surface area (Å²) in [6.45, 7) is 5.03. The average Bonchev–Trinajstić information content (AvgIpc) is 2.65. The summed E-state index contributed by atoms with van der Waals surface area (Å²) in [7, 11) is -3.80. The molecule has 1 heterocycles. The number of nitrogens with one attached hydrogen (secondary N) is 1. The molecule has 1 aliphatic heterocycles. The van der Waals surface area contributed by atoms with Gasteiger partial charge in [-0.05, 0) is 49.2 Å². The molecule has 0 unspecified atom stereocenters. The SMILES string of the molecule is Cc1ccc(C)c(NC(=O)c2ccc(Cl)c(S(=O)(=O)N3CCOCC3)c2)c1. The Kier molecular flexibility index (Phi) is 5.86. The highest BCUT2D eigenvalue weighted by Gasteiger charge is 2.29. The van der Waals surface area contributed by atoms with E-state index in [1.807, 2.05) is 32.0 Å². The number of hydrogen-bond acceptors (Lipinski definition) is 4. The van der Waals surface area contributed by atoms with E-state index >= 15 is 0 Å². The summed E-state index contributed by atoms with van der Waals surface area (Å²) >= 11 is 6.14. The van der Waals surface area contributed by atoms with Crippen molar-refractivity contribution in [2.24, 2.45) is 0 Å². The van der Waals surface area contributed by atoms with Crippen LogP contribution >= 0.6 is 11.6 Å². The Balaban J connectivity index is 1.90. The number of anilines is 1. The van der Waals surface area contributed by atoms with Gasteiger partial charge in [-0.1, -0.05) is 23.7 Å². The predicted octanol–water partition coefficient (Wildman–Crippen LogP) is 3.23. The third kappa shape index (κ3) is 4.32. The van der Waals surface area contributed by atoms with E-state index in [4.69, 9.17) is 16.3 Å². The summed E-state index contributed by atoms with van der Waals surface area (Å²) in [5, 5.41) is 2.92. The van der Waals surface area contributed by atoms with Crippen LogP contribution in [0.4, 0.5) is 5.69 Å². The van der Waals surface area contributed by atoms with Crippen LogP contribution in [-0.2, 0) is 14.8 Å². The molecular formula is C19H21ClN2O4S. The zero-order chi connectivity index (χ0) is 19.6. The third-order valence-electron chi connectivity index (χ3n) is 4.42. The van der Waals surface area contributed by atoms with Crippen molar-refractivity contribution in [3.8, 4) is 0 Å². The Labute approximate surface area is 164 Å². The molecule has 1 N–H and O–H groups in total. The fourth-order valence-electron chi connectivity index (χ4n) is 2.83. The van der Waals surface area contributed by atoms with E-state index in [0.717, 1.165) is 11.1 Å². The molecule has 3 rings (SSSR count). The fourth-order valence-corrected chi connectivity index (χ4v) is 4.74. The van der Waals surface area contributed by atoms with Crippen molar-refractivity contribution in [1.82, 2.24) is 4.31 Å². The number of carbonyl (C=O) groups excluding carboxylic acids is 1. The van der Waals surface area contributed by atoms with Gasteiger partial charge in [0.15, 0.2) is 0 Å². The van der Waals surface area contributed by atoms with E-state index < -0.39 is 15.9 Å². The number of aryl methyl sites for hydroxylation is 2. The second-order valence-electron chi connectivity index (χ2n) is 6.43. The summed E-state index contributed by atoms with van der Waals surface area (Å²) in [5.41, 5.74) is 2.85. The monoisotopic (exact) mass is 408 g/mol. The Hall–Kier alpha value is -1.93. The zero-order valence-corrected chi connectivity index (χ0v) is 16.7. The first-order valence-electron chi connectivity index (χ1n) is 8.55. The molecule has 1 amide bonds. The van der Waals surface area contributed by atoms with E-state index in [1.54, 1.807) is 0 Å². The van der Waals surface area contributed by atoms with Gasteiger partial charge in [-0.2, -0.15) is 4.31 Å². The van der Waals surface area contributed by atoms with E-state index in [-0.39, 0.29) is 28.6 Å². The lowest BCUT2D eigenvalue weighted by Crippen LogP contribution is -2.40. The van der Waals surface area contributed by atoms with Crippen LogP contribution < -0.4 is 5.32 Å². The highest BCUT2D eigenvalue weighted by molar-refractivity contribution is 7.89. The van der Waals surface area contributed by atoms with Gasteiger partial charge in [-0.15, -0.1) is 0 Å². The van der Waals surface area contributed by atoms with Crippen molar-refractivity contribution in [1.29, 1.82) is 0 Å². The molecule has 0 spiro atoms.